The van der Waals surface area contributed by atoms with E-state index in [4.69, 9.17) is 0 Å². The first-order valence-corrected chi connectivity index (χ1v) is 6.53. The monoisotopic (exact) mass is 241 g/mol. The smallest absolute Gasteiger partial charge is 0.0684 e. The molecule has 0 bridgehead atoms. The lowest BCUT2D eigenvalue weighted by Gasteiger charge is -2.20. The summed E-state index contributed by atoms with van der Waals surface area (Å²) in [6.07, 6.45) is 1.09. The molecule has 0 atom stereocenters. The molecule has 2 heterocycles. The van der Waals surface area contributed by atoms with E-state index in [0.29, 0.717) is 0 Å². The van der Waals surface area contributed by atoms with Gasteiger partial charge in [0.25, 0.3) is 0 Å². The number of benzene rings is 1. The fraction of sp³-hybridized carbons (Fsp3) is 0.400. The van der Waals surface area contributed by atoms with E-state index >= 15 is 0 Å². The third kappa shape index (κ3) is 1.66. The minimum Gasteiger partial charge on any atom is -0.312 e. The number of rotatable bonds is 1. The number of hydrogen-bond donors (Lipinski definition) is 1. The molecule has 0 radical (unpaired) electrons. The van der Waals surface area contributed by atoms with E-state index < -0.39 is 0 Å². The Bertz CT molecular complexity index is 596. The van der Waals surface area contributed by atoms with Crippen molar-refractivity contribution in [3.63, 3.8) is 0 Å². The molecule has 3 rings (SSSR count). The molecule has 1 N–H and O–H groups in total. The van der Waals surface area contributed by atoms with Crippen molar-refractivity contribution in [2.24, 2.45) is 0 Å². The summed E-state index contributed by atoms with van der Waals surface area (Å²) < 4.78 is 2.11. The standard InChI is InChI=1S/C15H19N3/c1-10-11(2)17-18(12(10)3)15-6-4-5-13-9-16-8-7-14(13)15/h4-6,16H,7-9H2,1-3H3. The molecule has 0 spiro atoms. The predicted molar refractivity (Wildman–Crippen MR) is 73.2 cm³/mol. The van der Waals surface area contributed by atoms with Crippen LogP contribution in [0.1, 0.15) is 28.1 Å². The van der Waals surface area contributed by atoms with Gasteiger partial charge in [-0.25, -0.2) is 4.68 Å². The molecule has 0 fully saturated rings. The zero-order valence-electron chi connectivity index (χ0n) is 11.2. The Morgan fingerprint density at radius 1 is 1.22 bits per heavy atom. The topological polar surface area (TPSA) is 29.9 Å². The van der Waals surface area contributed by atoms with Gasteiger partial charge in [0.05, 0.1) is 11.4 Å². The molecule has 94 valence electrons. The number of fused-ring (bicyclic) bond motifs is 1. The minimum absolute atomic E-state index is 0.974. The Morgan fingerprint density at radius 2 is 2.06 bits per heavy atom. The Morgan fingerprint density at radius 3 is 2.78 bits per heavy atom. The van der Waals surface area contributed by atoms with Crippen LogP contribution in [0, 0.1) is 20.8 Å². The van der Waals surface area contributed by atoms with E-state index in [9.17, 15) is 0 Å². The summed E-state index contributed by atoms with van der Waals surface area (Å²) in [7, 11) is 0. The van der Waals surface area contributed by atoms with Crippen molar-refractivity contribution in [2.45, 2.75) is 33.7 Å². The zero-order valence-corrected chi connectivity index (χ0v) is 11.2. The maximum Gasteiger partial charge on any atom is 0.0684 e. The van der Waals surface area contributed by atoms with Crippen LogP contribution >= 0.6 is 0 Å². The van der Waals surface area contributed by atoms with E-state index in [2.05, 4.69) is 54.1 Å². The van der Waals surface area contributed by atoms with E-state index in [1.807, 2.05) is 0 Å². The molecule has 0 saturated heterocycles. The first-order chi connectivity index (χ1) is 8.68. The van der Waals surface area contributed by atoms with Gasteiger partial charge in [0, 0.05) is 12.2 Å². The third-order valence-electron chi connectivity index (χ3n) is 4.00. The number of aromatic nitrogens is 2. The molecule has 0 saturated carbocycles. The van der Waals surface area contributed by atoms with Gasteiger partial charge in [-0.05, 0) is 56.5 Å². The molecule has 1 aromatic carbocycles. The zero-order chi connectivity index (χ0) is 12.7. The van der Waals surface area contributed by atoms with Crippen LogP contribution in [-0.4, -0.2) is 16.3 Å². The number of aryl methyl sites for hydroxylation is 1. The Balaban J connectivity index is 2.20. The van der Waals surface area contributed by atoms with E-state index in [1.54, 1.807) is 0 Å². The molecule has 2 aromatic rings. The van der Waals surface area contributed by atoms with Gasteiger partial charge in [0.1, 0.15) is 0 Å². The molecule has 3 heteroatoms. The van der Waals surface area contributed by atoms with Gasteiger partial charge in [0.15, 0.2) is 0 Å². The van der Waals surface area contributed by atoms with Crippen molar-refractivity contribution < 1.29 is 0 Å². The van der Waals surface area contributed by atoms with Crippen molar-refractivity contribution in [1.82, 2.24) is 15.1 Å². The van der Waals surface area contributed by atoms with Gasteiger partial charge in [-0.3, -0.25) is 0 Å². The maximum absolute atomic E-state index is 4.68. The first-order valence-electron chi connectivity index (χ1n) is 6.53. The summed E-state index contributed by atoms with van der Waals surface area (Å²) in [4.78, 5) is 0. The average molecular weight is 241 g/mol. The van der Waals surface area contributed by atoms with E-state index in [0.717, 1.165) is 25.2 Å². The van der Waals surface area contributed by atoms with Crippen LogP contribution in [0.4, 0.5) is 0 Å². The molecule has 3 nitrogen and oxygen atoms in total. The number of nitrogens with one attached hydrogen (secondary N) is 1. The summed E-state index contributed by atoms with van der Waals surface area (Å²) in [6, 6.07) is 6.53. The summed E-state index contributed by atoms with van der Waals surface area (Å²) >= 11 is 0. The molecule has 0 unspecified atom stereocenters. The number of hydrogen-bond acceptors (Lipinski definition) is 2. The Kier molecular flexibility index (Phi) is 2.71. The first kappa shape index (κ1) is 11.5. The van der Waals surface area contributed by atoms with Gasteiger partial charge in [-0.2, -0.15) is 5.10 Å². The molecule has 1 aliphatic rings. The van der Waals surface area contributed by atoms with Crippen molar-refractivity contribution in [3.05, 3.63) is 46.3 Å². The van der Waals surface area contributed by atoms with Crippen molar-refractivity contribution in [1.29, 1.82) is 0 Å². The van der Waals surface area contributed by atoms with E-state index in [1.165, 1.54) is 28.1 Å². The molecule has 1 aromatic heterocycles. The van der Waals surface area contributed by atoms with Gasteiger partial charge in [-0.1, -0.05) is 12.1 Å². The van der Waals surface area contributed by atoms with E-state index in [-0.39, 0.29) is 0 Å². The lowest BCUT2D eigenvalue weighted by atomic mass is 9.99. The highest BCUT2D eigenvalue weighted by Crippen LogP contribution is 2.24. The fourth-order valence-electron chi connectivity index (χ4n) is 2.67. The lowest BCUT2D eigenvalue weighted by Crippen LogP contribution is -2.25. The SMILES string of the molecule is Cc1nn(-c2cccc3c2CCNC3)c(C)c1C. The normalized spacial score (nSPS) is 14.6. The second-order valence-corrected chi connectivity index (χ2v) is 5.05. The summed E-state index contributed by atoms with van der Waals surface area (Å²) in [5.41, 5.74) is 7.77. The van der Waals surface area contributed by atoms with Gasteiger partial charge < -0.3 is 5.32 Å². The average Bonchev–Trinajstić information content (AvgIpc) is 2.66. The Labute approximate surface area is 108 Å². The van der Waals surface area contributed by atoms with Crippen molar-refractivity contribution >= 4 is 0 Å². The molecular weight excluding hydrogens is 222 g/mol. The highest BCUT2D eigenvalue weighted by molar-refractivity contribution is 5.48. The maximum atomic E-state index is 4.68. The van der Waals surface area contributed by atoms with Crippen LogP contribution in [0.15, 0.2) is 18.2 Å². The van der Waals surface area contributed by atoms with Crippen LogP contribution < -0.4 is 5.32 Å². The van der Waals surface area contributed by atoms with Crippen LogP contribution in [0.3, 0.4) is 0 Å². The fourth-order valence-corrected chi connectivity index (χ4v) is 2.67. The van der Waals surface area contributed by atoms with Gasteiger partial charge in [-0.15, -0.1) is 0 Å². The van der Waals surface area contributed by atoms with Crippen LogP contribution in [0.2, 0.25) is 0 Å². The van der Waals surface area contributed by atoms with Crippen molar-refractivity contribution in [3.8, 4) is 5.69 Å². The highest BCUT2D eigenvalue weighted by atomic mass is 15.3. The second-order valence-electron chi connectivity index (χ2n) is 5.05. The molecule has 0 amide bonds. The van der Waals surface area contributed by atoms with Gasteiger partial charge in [0.2, 0.25) is 0 Å². The number of nitrogens with zero attached hydrogens (tertiary/aromatic N) is 2. The third-order valence-corrected chi connectivity index (χ3v) is 4.00. The van der Waals surface area contributed by atoms with Crippen LogP contribution in [-0.2, 0) is 13.0 Å². The molecule has 18 heavy (non-hydrogen) atoms. The van der Waals surface area contributed by atoms with Crippen LogP contribution in [0.5, 0.6) is 0 Å². The van der Waals surface area contributed by atoms with Gasteiger partial charge >= 0.3 is 0 Å². The second kappa shape index (κ2) is 4.25. The largest absolute Gasteiger partial charge is 0.312 e. The lowest BCUT2D eigenvalue weighted by molar-refractivity contribution is 0.637. The molecule has 0 aliphatic carbocycles. The molecular formula is C15H19N3. The quantitative estimate of drug-likeness (QED) is 0.831. The summed E-state index contributed by atoms with van der Waals surface area (Å²) in [5.74, 6) is 0. The predicted octanol–water partition coefficient (Wildman–Crippen LogP) is 2.44. The summed E-state index contributed by atoms with van der Waals surface area (Å²) in [6.45, 7) is 8.40. The highest BCUT2D eigenvalue weighted by Gasteiger charge is 2.16. The molecule has 1 aliphatic heterocycles. The van der Waals surface area contributed by atoms with Crippen molar-refractivity contribution in [2.75, 3.05) is 6.54 Å². The Hall–Kier alpha value is -1.61. The van der Waals surface area contributed by atoms with Crippen LogP contribution in [0.25, 0.3) is 5.69 Å². The minimum atomic E-state index is 0.974. The summed E-state index contributed by atoms with van der Waals surface area (Å²) in [5, 5.41) is 8.11.